The van der Waals surface area contributed by atoms with E-state index in [2.05, 4.69) is 0 Å². The molecule has 0 aliphatic carbocycles. The Bertz CT molecular complexity index is 1080. The summed E-state index contributed by atoms with van der Waals surface area (Å²) in [5.41, 5.74) is 0.858. The van der Waals surface area contributed by atoms with Gasteiger partial charge in [0, 0.05) is 37.1 Å². The molecule has 2 N–H and O–H groups in total. The molecule has 1 aromatic heterocycles. The molecular weight excluding hydrogens is 450 g/mol. The number of ether oxygens (including phenoxy) is 2. The molecule has 9 nitrogen and oxygen atoms in total. The van der Waals surface area contributed by atoms with Crippen LogP contribution in [0.2, 0.25) is 0 Å². The molecule has 0 saturated carbocycles. The first-order chi connectivity index (χ1) is 16.8. The van der Waals surface area contributed by atoms with Gasteiger partial charge in [0.2, 0.25) is 5.89 Å². The van der Waals surface area contributed by atoms with Gasteiger partial charge in [-0.1, -0.05) is 0 Å². The van der Waals surface area contributed by atoms with E-state index in [0.717, 1.165) is 22.6 Å². The van der Waals surface area contributed by atoms with E-state index in [-0.39, 0.29) is 37.9 Å². The summed E-state index contributed by atoms with van der Waals surface area (Å²) in [7, 11) is 3.21. The fourth-order valence-electron chi connectivity index (χ4n) is 4.05. The van der Waals surface area contributed by atoms with Crippen molar-refractivity contribution in [2.24, 2.45) is 0 Å². The number of carbonyl (C=O) groups is 1. The van der Waals surface area contributed by atoms with Crippen LogP contribution < -0.4 is 9.47 Å². The molecule has 4 rings (SSSR count). The lowest BCUT2D eigenvalue weighted by Crippen LogP contribution is -2.50. The van der Waals surface area contributed by atoms with Crippen molar-refractivity contribution in [3.05, 3.63) is 54.4 Å². The van der Waals surface area contributed by atoms with Crippen LogP contribution in [0.1, 0.15) is 32.6 Å². The maximum atomic E-state index is 12.5. The van der Waals surface area contributed by atoms with E-state index in [1.807, 2.05) is 48.5 Å². The number of methoxy groups -OCH3 is 2. The monoisotopic (exact) mass is 481 g/mol. The predicted molar refractivity (Wildman–Crippen MR) is 129 cm³/mol. The largest absolute Gasteiger partial charge is 0.497 e. The molecule has 0 atom stereocenters. The van der Waals surface area contributed by atoms with Crippen molar-refractivity contribution < 1.29 is 29.0 Å². The van der Waals surface area contributed by atoms with Gasteiger partial charge in [-0.15, -0.1) is 0 Å². The minimum atomic E-state index is -1.35. The Hall–Kier alpha value is -3.56. The van der Waals surface area contributed by atoms with Crippen molar-refractivity contribution in [2.45, 2.75) is 38.3 Å². The van der Waals surface area contributed by atoms with Crippen molar-refractivity contribution in [3.63, 3.8) is 0 Å². The summed E-state index contributed by atoms with van der Waals surface area (Å²) < 4.78 is 16.8. The Labute approximate surface area is 204 Å². The van der Waals surface area contributed by atoms with Gasteiger partial charge < -0.3 is 23.9 Å². The molecule has 0 radical (unpaired) electrons. The van der Waals surface area contributed by atoms with E-state index < -0.39 is 11.6 Å². The number of urea groups is 1. The summed E-state index contributed by atoms with van der Waals surface area (Å²) in [6, 6.07) is 14.1. The standard InChI is InChI=1S/C26H31N3O6/c1-17(2)29(32)25(30)28-15-13-26(31,14-16-28)24-27-22(18-5-9-20(33-3)10-6-18)23(35-24)19-7-11-21(34-4)12-8-19/h5-12,17,31-32H,13-16H2,1-4H3. The van der Waals surface area contributed by atoms with E-state index in [4.69, 9.17) is 18.9 Å². The molecule has 186 valence electrons. The van der Waals surface area contributed by atoms with Gasteiger partial charge in [-0.2, -0.15) is 0 Å². The zero-order chi connectivity index (χ0) is 25.2. The molecule has 0 bridgehead atoms. The number of hydrogen-bond acceptors (Lipinski definition) is 7. The van der Waals surface area contributed by atoms with Gasteiger partial charge in [-0.3, -0.25) is 5.21 Å². The second-order valence-electron chi connectivity index (χ2n) is 8.89. The number of amides is 2. The highest BCUT2D eigenvalue weighted by molar-refractivity contribution is 5.77. The van der Waals surface area contributed by atoms with Gasteiger partial charge in [0.1, 0.15) is 22.8 Å². The molecule has 1 aliphatic rings. The second-order valence-corrected chi connectivity index (χ2v) is 8.89. The maximum Gasteiger partial charge on any atom is 0.343 e. The van der Waals surface area contributed by atoms with Crippen molar-refractivity contribution in [2.75, 3.05) is 27.3 Å². The molecule has 9 heteroatoms. The quantitative estimate of drug-likeness (QED) is 0.393. The summed E-state index contributed by atoms with van der Waals surface area (Å²) in [4.78, 5) is 18.7. The van der Waals surface area contributed by atoms with Crippen LogP contribution in [0, 0.1) is 0 Å². The normalized spacial score (nSPS) is 15.2. The fraction of sp³-hybridized carbons (Fsp3) is 0.385. The Morgan fingerprint density at radius 2 is 1.51 bits per heavy atom. The molecule has 1 fully saturated rings. The van der Waals surface area contributed by atoms with E-state index >= 15 is 0 Å². The van der Waals surface area contributed by atoms with E-state index in [1.54, 1.807) is 28.1 Å². The molecule has 3 aromatic rings. The van der Waals surface area contributed by atoms with Gasteiger partial charge in [0.05, 0.1) is 20.3 Å². The molecule has 1 aliphatic heterocycles. The number of benzene rings is 2. The summed E-state index contributed by atoms with van der Waals surface area (Å²) in [6.07, 6.45) is 0.463. The SMILES string of the molecule is COc1ccc(-c2nc(C3(O)CCN(C(=O)N(O)C(C)C)CC3)oc2-c2ccc(OC)cc2)cc1. The highest BCUT2D eigenvalue weighted by Gasteiger charge is 2.41. The zero-order valence-electron chi connectivity index (χ0n) is 20.4. The van der Waals surface area contributed by atoms with Gasteiger partial charge in [-0.25, -0.2) is 14.8 Å². The molecule has 2 aromatic carbocycles. The average molecular weight is 482 g/mol. The summed E-state index contributed by atoms with van der Waals surface area (Å²) in [5.74, 6) is 2.17. The molecule has 2 amide bonds. The van der Waals surface area contributed by atoms with E-state index in [0.29, 0.717) is 16.5 Å². The number of piperidine rings is 1. The zero-order valence-corrected chi connectivity index (χ0v) is 20.4. The van der Waals surface area contributed by atoms with Crippen LogP contribution in [0.4, 0.5) is 4.79 Å². The van der Waals surface area contributed by atoms with Crippen molar-refractivity contribution >= 4 is 6.03 Å². The lowest BCUT2D eigenvalue weighted by atomic mass is 9.91. The second kappa shape index (κ2) is 9.97. The predicted octanol–water partition coefficient (Wildman–Crippen LogP) is 4.53. The summed E-state index contributed by atoms with van der Waals surface area (Å²) >= 11 is 0. The molecule has 35 heavy (non-hydrogen) atoms. The van der Waals surface area contributed by atoms with Crippen LogP contribution in [0.5, 0.6) is 11.5 Å². The van der Waals surface area contributed by atoms with Crippen molar-refractivity contribution in [1.29, 1.82) is 0 Å². The molecule has 2 heterocycles. The van der Waals surface area contributed by atoms with Crippen molar-refractivity contribution in [1.82, 2.24) is 14.9 Å². The number of likely N-dealkylation sites (tertiary alicyclic amines) is 1. The van der Waals surface area contributed by atoms with Crippen LogP contribution in [0.3, 0.4) is 0 Å². The molecular formula is C26H31N3O6. The number of rotatable bonds is 6. The van der Waals surface area contributed by atoms with Gasteiger partial charge in [0.25, 0.3) is 0 Å². The van der Waals surface area contributed by atoms with Gasteiger partial charge >= 0.3 is 6.03 Å². The fourth-order valence-corrected chi connectivity index (χ4v) is 4.05. The smallest absolute Gasteiger partial charge is 0.343 e. The number of carbonyl (C=O) groups excluding carboxylic acids is 1. The number of nitrogens with zero attached hydrogens (tertiary/aromatic N) is 3. The first kappa shape index (κ1) is 24.6. The number of oxazole rings is 1. The van der Waals surface area contributed by atoms with Crippen LogP contribution >= 0.6 is 0 Å². The van der Waals surface area contributed by atoms with Crippen LogP contribution in [0.25, 0.3) is 22.6 Å². The topological polar surface area (TPSA) is 109 Å². The van der Waals surface area contributed by atoms with E-state index in [1.165, 1.54) is 4.90 Å². The Balaban J connectivity index is 1.66. The van der Waals surface area contributed by atoms with Gasteiger partial charge in [0.15, 0.2) is 5.76 Å². The third kappa shape index (κ3) is 4.96. The number of hydrogen-bond donors (Lipinski definition) is 2. The van der Waals surface area contributed by atoms with Gasteiger partial charge in [-0.05, 0) is 62.4 Å². The Morgan fingerprint density at radius 3 is 2.00 bits per heavy atom. The number of aliphatic hydroxyl groups is 1. The van der Waals surface area contributed by atoms with Crippen LogP contribution in [-0.4, -0.2) is 64.6 Å². The van der Waals surface area contributed by atoms with Crippen LogP contribution in [0.15, 0.2) is 52.9 Å². The number of aromatic nitrogens is 1. The Morgan fingerprint density at radius 1 is 1.00 bits per heavy atom. The minimum Gasteiger partial charge on any atom is -0.497 e. The third-order valence-electron chi connectivity index (χ3n) is 6.29. The first-order valence-electron chi connectivity index (χ1n) is 11.6. The third-order valence-corrected chi connectivity index (χ3v) is 6.29. The summed E-state index contributed by atoms with van der Waals surface area (Å²) in [5, 5.41) is 22.2. The molecule has 0 spiro atoms. The van der Waals surface area contributed by atoms with Crippen LogP contribution in [-0.2, 0) is 5.60 Å². The first-order valence-corrected chi connectivity index (χ1v) is 11.6. The highest BCUT2D eigenvalue weighted by atomic mass is 16.5. The Kier molecular flexibility index (Phi) is 7.00. The average Bonchev–Trinajstić information content (AvgIpc) is 3.35. The van der Waals surface area contributed by atoms with E-state index in [9.17, 15) is 15.1 Å². The maximum absolute atomic E-state index is 12.5. The number of hydroxylamine groups is 2. The lowest BCUT2D eigenvalue weighted by molar-refractivity contribution is -0.0925. The highest BCUT2D eigenvalue weighted by Crippen LogP contribution is 2.40. The summed E-state index contributed by atoms with van der Waals surface area (Å²) in [6.45, 7) is 3.98. The minimum absolute atomic E-state index is 0.200. The lowest BCUT2D eigenvalue weighted by Gasteiger charge is -2.37. The molecule has 1 saturated heterocycles. The molecule has 0 unspecified atom stereocenters. The van der Waals surface area contributed by atoms with Crippen molar-refractivity contribution in [3.8, 4) is 34.1 Å².